The highest BCUT2D eigenvalue weighted by Crippen LogP contribution is 2.12. The number of unbranched alkanes of at least 4 members (excludes halogenated alkanes) is 1. The molecular formula is C11H11N3O3. The zero-order valence-electron chi connectivity index (χ0n) is 9.05. The fourth-order valence-corrected chi connectivity index (χ4v) is 1.23. The average molecular weight is 233 g/mol. The third kappa shape index (κ3) is 3.91. The van der Waals surface area contributed by atoms with Crippen LogP contribution in [0.4, 0.5) is 5.69 Å². The monoisotopic (exact) mass is 233 g/mol. The molecule has 0 unspecified atom stereocenters. The topological polar surface area (TPSA) is 96.0 Å². The number of rotatable bonds is 5. The summed E-state index contributed by atoms with van der Waals surface area (Å²) in [5.41, 5.74) is 0.130. The number of hydrogen-bond donors (Lipinski definition) is 1. The first kappa shape index (κ1) is 12.6. The average Bonchev–Trinajstić information content (AvgIpc) is 2.34. The van der Waals surface area contributed by atoms with Crippen molar-refractivity contribution in [2.24, 2.45) is 0 Å². The van der Waals surface area contributed by atoms with E-state index in [0.29, 0.717) is 19.4 Å². The number of nitro benzene ring substituents is 1. The van der Waals surface area contributed by atoms with Crippen LogP contribution in [0.25, 0.3) is 0 Å². The number of benzene rings is 1. The molecule has 0 atom stereocenters. The van der Waals surface area contributed by atoms with Gasteiger partial charge in [-0.3, -0.25) is 14.9 Å². The lowest BCUT2D eigenvalue weighted by molar-refractivity contribution is -0.384. The van der Waals surface area contributed by atoms with Crippen LogP contribution in [0.5, 0.6) is 0 Å². The van der Waals surface area contributed by atoms with Gasteiger partial charge in [0.1, 0.15) is 0 Å². The second kappa shape index (κ2) is 6.23. The van der Waals surface area contributed by atoms with E-state index in [0.717, 1.165) is 0 Å². The van der Waals surface area contributed by atoms with Crippen molar-refractivity contribution in [3.8, 4) is 6.07 Å². The molecule has 17 heavy (non-hydrogen) atoms. The smallest absolute Gasteiger partial charge is 0.270 e. The molecule has 0 aliphatic carbocycles. The van der Waals surface area contributed by atoms with Crippen molar-refractivity contribution < 1.29 is 9.72 Å². The first-order valence-corrected chi connectivity index (χ1v) is 5.04. The fourth-order valence-electron chi connectivity index (χ4n) is 1.23. The maximum absolute atomic E-state index is 11.6. The third-order valence-corrected chi connectivity index (χ3v) is 2.07. The van der Waals surface area contributed by atoms with Gasteiger partial charge in [0.25, 0.3) is 11.6 Å². The van der Waals surface area contributed by atoms with E-state index >= 15 is 0 Å². The standard InChI is InChI=1S/C11H11N3O3/c12-6-1-2-7-13-11(15)9-4-3-5-10(8-9)14(16)17/h3-5,8H,1-2,7H2,(H,13,15). The zero-order valence-corrected chi connectivity index (χ0v) is 9.05. The lowest BCUT2D eigenvalue weighted by Crippen LogP contribution is -2.24. The number of amides is 1. The van der Waals surface area contributed by atoms with Crippen molar-refractivity contribution in [1.82, 2.24) is 5.32 Å². The molecule has 6 nitrogen and oxygen atoms in total. The maximum Gasteiger partial charge on any atom is 0.270 e. The van der Waals surface area contributed by atoms with Crippen molar-refractivity contribution in [3.63, 3.8) is 0 Å². The lowest BCUT2D eigenvalue weighted by Gasteiger charge is -2.03. The number of hydrogen-bond acceptors (Lipinski definition) is 4. The molecule has 1 N–H and O–H groups in total. The minimum absolute atomic E-state index is 0.116. The highest BCUT2D eigenvalue weighted by atomic mass is 16.6. The number of nitrogens with zero attached hydrogens (tertiary/aromatic N) is 2. The number of nitriles is 1. The Kier molecular flexibility index (Phi) is 4.63. The minimum atomic E-state index is -0.549. The Hall–Kier alpha value is -2.42. The molecule has 0 saturated carbocycles. The molecule has 1 aromatic carbocycles. The van der Waals surface area contributed by atoms with Gasteiger partial charge >= 0.3 is 0 Å². The Morgan fingerprint density at radius 1 is 1.53 bits per heavy atom. The molecule has 0 saturated heterocycles. The summed E-state index contributed by atoms with van der Waals surface area (Å²) in [5.74, 6) is -0.369. The normalized spacial score (nSPS) is 9.35. The van der Waals surface area contributed by atoms with Gasteiger partial charge in [0, 0.05) is 30.7 Å². The van der Waals surface area contributed by atoms with Crippen LogP contribution in [0.2, 0.25) is 0 Å². The first-order chi connectivity index (χ1) is 8.15. The summed E-state index contributed by atoms with van der Waals surface area (Å²) < 4.78 is 0. The Morgan fingerprint density at radius 2 is 2.29 bits per heavy atom. The van der Waals surface area contributed by atoms with Crippen LogP contribution < -0.4 is 5.32 Å². The number of carbonyl (C=O) groups is 1. The molecule has 1 amide bonds. The molecule has 6 heteroatoms. The SMILES string of the molecule is N#CCCCNC(=O)c1cccc([N+](=O)[O-])c1. The summed E-state index contributed by atoms with van der Waals surface area (Å²) in [6.45, 7) is 0.384. The van der Waals surface area contributed by atoms with E-state index in [2.05, 4.69) is 5.32 Å². The number of carbonyl (C=O) groups excluding carboxylic acids is 1. The predicted molar refractivity (Wildman–Crippen MR) is 60.3 cm³/mol. The van der Waals surface area contributed by atoms with E-state index in [1.165, 1.54) is 24.3 Å². The molecule has 0 aromatic heterocycles. The van der Waals surface area contributed by atoms with E-state index in [1.807, 2.05) is 6.07 Å². The van der Waals surface area contributed by atoms with Gasteiger partial charge in [-0.05, 0) is 12.5 Å². The number of nitro groups is 1. The largest absolute Gasteiger partial charge is 0.352 e. The van der Waals surface area contributed by atoms with Gasteiger partial charge in [0.15, 0.2) is 0 Å². The van der Waals surface area contributed by atoms with Crippen molar-refractivity contribution in [3.05, 3.63) is 39.9 Å². The molecule has 1 rings (SSSR count). The van der Waals surface area contributed by atoms with Gasteiger partial charge in [-0.1, -0.05) is 6.07 Å². The Labute approximate surface area is 98.0 Å². The van der Waals surface area contributed by atoms with E-state index < -0.39 is 4.92 Å². The van der Waals surface area contributed by atoms with Gasteiger partial charge in [0.05, 0.1) is 11.0 Å². The summed E-state index contributed by atoms with van der Waals surface area (Å²) in [6, 6.07) is 7.48. The van der Waals surface area contributed by atoms with Crippen LogP contribution in [0.1, 0.15) is 23.2 Å². The van der Waals surface area contributed by atoms with Gasteiger partial charge in [-0.25, -0.2) is 0 Å². The number of nitrogens with one attached hydrogen (secondary N) is 1. The van der Waals surface area contributed by atoms with Crippen LogP contribution in [0.15, 0.2) is 24.3 Å². The quantitative estimate of drug-likeness (QED) is 0.475. The molecule has 0 fully saturated rings. The maximum atomic E-state index is 11.6. The van der Waals surface area contributed by atoms with Gasteiger partial charge < -0.3 is 5.32 Å². The first-order valence-electron chi connectivity index (χ1n) is 5.04. The molecule has 1 aromatic rings. The van der Waals surface area contributed by atoms with E-state index in [4.69, 9.17) is 5.26 Å². The highest BCUT2D eigenvalue weighted by molar-refractivity contribution is 5.94. The van der Waals surface area contributed by atoms with Crippen LogP contribution in [-0.4, -0.2) is 17.4 Å². The van der Waals surface area contributed by atoms with Gasteiger partial charge in [-0.2, -0.15) is 5.26 Å². The lowest BCUT2D eigenvalue weighted by atomic mass is 10.2. The summed E-state index contributed by atoms with van der Waals surface area (Å²) in [5, 5.41) is 21.4. The minimum Gasteiger partial charge on any atom is -0.352 e. The van der Waals surface area contributed by atoms with Crippen LogP contribution in [0.3, 0.4) is 0 Å². The van der Waals surface area contributed by atoms with Crippen LogP contribution >= 0.6 is 0 Å². The van der Waals surface area contributed by atoms with E-state index in [9.17, 15) is 14.9 Å². The van der Waals surface area contributed by atoms with E-state index in [1.54, 1.807) is 0 Å². The van der Waals surface area contributed by atoms with Crippen molar-refractivity contribution >= 4 is 11.6 Å². The van der Waals surface area contributed by atoms with Crippen LogP contribution in [-0.2, 0) is 0 Å². The Morgan fingerprint density at radius 3 is 2.94 bits per heavy atom. The fraction of sp³-hybridized carbons (Fsp3) is 0.273. The molecule has 88 valence electrons. The Balaban J connectivity index is 2.60. The molecule has 0 heterocycles. The second-order valence-electron chi connectivity index (χ2n) is 3.33. The van der Waals surface area contributed by atoms with Crippen molar-refractivity contribution in [1.29, 1.82) is 5.26 Å². The molecule has 0 radical (unpaired) electrons. The van der Waals surface area contributed by atoms with Crippen molar-refractivity contribution in [2.45, 2.75) is 12.8 Å². The zero-order chi connectivity index (χ0) is 12.7. The highest BCUT2D eigenvalue weighted by Gasteiger charge is 2.10. The predicted octanol–water partition coefficient (Wildman–Crippen LogP) is 1.63. The molecule has 0 spiro atoms. The number of non-ortho nitro benzene ring substituents is 1. The summed E-state index contributed by atoms with van der Waals surface area (Å²) in [4.78, 5) is 21.5. The molecule has 0 aliphatic rings. The van der Waals surface area contributed by atoms with Crippen molar-refractivity contribution in [2.75, 3.05) is 6.54 Å². The summed E-state index contributed by atoms with van der Waals surface area (Å²) in [6.07, 6.45) is 0.937. The Bertz CT molecular complexity index is 465. The molecule has 0 bridgehead atoms. The van der Waals surface area contributed by atoms with E-state index in [-0.39, 0.29) is 17.2 Å². The molecule has 0 aliphatic heterocycles. The van der Waals surface area contributed by atoms with Gasteiger partial charge in [0.2, 0.25) is 0 Å². The third-order valence-electron chi connectivity index (χ3n) is 2.07. The van der Waals surface area contributed by atoms with Crippen LogP contribution in [0, 0.1) is 21.4 Å². The second-order valence-corrected chi connectivity index (χ2v) is 3.33. The summed E-state index contributed by atoms with van der Waals surface area (Å²) >= 11 is 0. The van der Waals surface area contributed by atoms with Gasteiger partial charge in [-0.15, -0.1) is 0 Å². The molecular weight excluding hydrogens is 222 g/mol. The summed E-state index contributed by atoms with van der Waals surface area (Å²) in [7, 11) is 0.